The van der Waals surface area contributed by atoms with Gasteiger partial charge in [0.05, 0.1) is 12.5 Å². The minimum atomic E-state index is -0.569. The molecule has 0 spiro atoms. The molecule has 2 aromatic rings. The number of carbonyl (C=O) groups excluding carboxylic acids is 2. The van der Waals surface area contributed by atoms with Gasteiger partial charge in [0.2, 0.25) is 0 Å². The highest BCUT2D eigenvalue weighted by Gasteiger charge is 2.37. The molecule has 6 nitrogen and oxygen atoms in total. The number of ether oxygens (including phenoxy) is 2. The summed E-state index contributed by atoms with van der Waals surface area (Å²) in [6.07, 6.45) is 0.541. The Balaban J connectivity index is 1.55. The van der Waals surface area contributed by atoms with Crippen LogP contribution in [0.5, 0.6) is 5.75 Å². The van der Waals surface area contributed by atoms with Crippen LogP contribution in [-0.4, -0.2) is 42.7 Å². The number of halogens is 1. The predicted octanol–water partition coefficient (Wildman–Crippen LogP) is 3.17. The third-order valence-corrected chi connectivity index (χ3v) is 5.65. The summed E-state index contributed by atoms with van der Waals surface area (Å²) < 4.78 is 25.2. The Hall–Kier alpha value is -3.09. The molecule has 2 aliphatic rings. The molecule has 2 N–H and O–H groups in total. The average molecular weight is 398 g/mol. The quantitative estimate of drug-likeness (QED) is 0.805. The van der Waals surface area contributed by atoms with Crippen molar-refractivity contribution in [1.29, 1.82) is 0 Å². The van der Waals surface area contributed by atoms with Crippen molar-refractivity contribution in [3.05, 3.63) is 65.5 Å². The number of rotatable bonds is 3. The minimum Gasteiger partial charge on any atom is -0.493 e. The largest absolute Gasteiger partial charge is 0.493 e. The van der Waals surface area contributed by atoms with Gasteiger partial charge in [0.15, 0.2) is 0 Å². The lowest BCUT2D eigenvalue weighted by atomic mass is 9.87. The lowest BCUT2D eigenvalue weighted by molar-refractivity contribution is -0.154. The molecule has 29 heavy (non-hydrogen) atoms. The fourth-order valence-electron chi connectivity index (χ4n) is 4.13. The number of hydrogen-bond donors (Lipinski definition) is 1. The van der Waals surface area contributed by atoms with Crippen LogP contribution in [0.1, 0.15) is 35.8 Å². The number of nitrogens with zero attached hydrogens (tertiary/aromatic N) is 1. The molecule has 0 saturated carbocycles. The number of fused-ring (bicyclic) bond motifs is 1. The Morgan fingerprint density at radius 1 is 1.14 bits per heavy atom. The van der Waals surface area contributed by atoms with Crippen LogP contribution in [0.25, 0.3) is 0 Å². The Bertz CT molecular complexity index is 905. The van der Waals surface area contributed by atoms with E-state index >= 15 is 0 Å². The van der Waals surface area contributed by atoms with Gasteiger partial charge in [-0.3, -0.25) is 4.79 Å². The van der Waals surface area contributed by atoms with Gasteiger partial charge in [0, 0.05) is 31.0 Å². The summed E-state index contributed by atoms with van der Waals surface area (Å²) in [6, 6.07) is 13.4. The zero-order chi connectivity index (χ0) is 20.4. The number of esters is 1. The summed E-state index contributed by atoms with van der Waals surface area (Å²) in [4.78, 5) is 26.3. The van der Waals surface area contributed by atoms with E-state index < -0.39 is 23.7 Å². The molecule has 1 fully saturated rings. The highest BCUT2D eigenvalue weighted by atomic mass is 19.1. The van der Waals surface area contributed by atoms with E-state index in [0.29, 0.717) is 43.9 Å². The fraction of sp³-hybridized carbons (Fsp3) is 0.364. The maximum atomic E-state index is 13.7. The first kappa shape index (κ1) is 19.2. The van der Waals surface area contributed by atoms with Crippen molar-refractivity contribution in [2.75, 3.05) is 19.7 Å². The summed E-state index contributed by atoms with van der Waals surface area (Å²) in [5.74, 6) is -1.03. The van der Waals surface area contributed by atoms with Crippen LogP contribution in [0.3, 0.4) is 0 Å². The number of primary amides is 1. The third kappa shape index (κ3) is 4.04. The molecule has 2 amide bonds. The van der Waals surface area contributed by atoms with Crippen molar-refractivity contribution in [3.63, 3.8) is 0 Å². The van der Waals surface area contributed by atoms with E-state index in [0.717, 1.165) is 5.56 Å². The van der Waals surface area contributed by atoms with Crippen LogP contribution >= 0.6 is 0 Å². The van der Waals surface area contributed by atoms with Crippen LogP contribution in [0, 0.1) is 5.82 Å². The van der Waals surface area contributed by atoms with Crippen molar-refractivity contribution in [1.82, 2.24) is 4.90 Å². The van der Waals surface area contributed by atoms with Gasteiger partial charge in [-0.2, -0.15) is 0 Å². The maximum Gasteiger partial charge on any atom is 0.314 e. The second-order valence-electron chi connectivity index (χ2n) is 7.44. The lowest BCUT2D eigenvalue weighted by Gasteiger charge is -2.38. The van der Waals surface area contributed by atoms with Crippen LogP contribution in [0.15, 0.2) is 48.5 Å². The minimum absolute atomic E-state index is 0.173. The molecule has 2 aliphatic heterocycles. The van der Waals surface area contributed by atoms with Crippen LogP contribution in [0.4, 0.5) is 9.18 Å². The van der Waals surface area contributed by atoms with Gasteiger partial charge in [-0.25, -0.2) is 9.18 Å². The molecule has 0 bridgehead atoms. The lowest BCUT2D eigenvalue weighted by Crippen LogP contribution is -2.48. The summed E-state index contributed by atoms with van der Waals surface area (Å²) in [5, 5.41) is 0. The predicted molar refractivity (Wildman–Crippen MR) is 104 cm³/mol. The first-order chi connectivity index (χ1) is 14.0. The van der Waals surface area contributed by atoms with E-state index in [1.807, 2.05) is 30.3 Å². The molecule has 2 heterocycles. The number of urea groups is 1. The molecule has 3 atom stereocenters. The van der Waals surface area contributed by atoms with Crippen LogP contribution in [-0.2, 0) is 9.53 Å². The van der Waals surface area contributed by atoms with Crippen molar-refractivity contribution < 1.29 is 23.5 Å². The van der Waals surface area contributed by atoms with Crippen molar-refractivity contribution in [3.8, 4) is 5.75 Å². The Labute approximate surface area is 168 Å². The zero-order valence-corrected chi connectivity index (χ0v) is 15.9. The molecule has 0 radical (unpaired) electrons. The number of amides is 2. The molecule has 7 heteroatoms. The molecule has 1 saturated heterocycles. The van der Waals surface area contributed by atoms with Gasteiger partial charge in [-0.05, 0) is 30.2 Å². The molecule has 3 unspecified atom stereocenters. The van der Waals surface area contributed by atoms with Gasteiger partial charge >= 0.3 is 12.0 Å². The van der Waals surface area contributed by atoms with Gasteiger partial charge in [0.1, 0.15) is 17.7 Å². The first-order valence-corrected chi connectivity index (χ1v) is 9.75. The SMILES string of the molecule is NC(=O)N1CCC(OC(=O)C2CCOc3ccc(F)cc32)C(c2ccccc2)C1. The van der Waals surface area contributed by atoms with Gasteiger partial charge in [-0.1, -0.05) is 30.3 Å². The van der Waals surface area contributed by atoms with Gasteiger partial charge in [0.25, 0.3) is 0 Å². The van der Waals surface area contributed by atoms with E-state index in [4.69, 9.17) is 15.2 Å². The summed E-state index contributed by atoms with van der Waals surface area (Å²) in [5.41, 5.74) is 6.97. The molecular formula is C22H23FN2O4. The highest BCUT2D eigenvalue weighted by Crippen LogP contribution is 2.37. The smallest absolute Gasteiger partial charge is 0.314 e. The van der Waals surface area contributed by atoms with Crippen molar-refractivity contribution in [2.24, 2.45) is 5.73 Å². The summed E-state index contributed by atoms with van der Waals surface area (Å²) in [7, 11) is 0. The number of carbonyl (C=O) groups is 2. The number of piperidine rings is 1. The highest BCUT2D eigenvalue weighted by molar-refractivity contribution is 5.80. The Morgan fingerprint density at radius 2 is 1.93 bits per heavy atom. The summed E-state index contributed by atoms with van der Waals surface area (Å²) >= 11 is 0. The van der Waals surface area contributed by atoms with E-state index in [-0.39, 0.29) is 12.0 Å². The van der Waals surface area contributed by atoms with E-state index in [2.05, 4.69) is 0 Å². The molecule has 0 aliphatic carbocycles. The topological polar surface area (TPSA) is 81.9 Å². The zero-order valence-electron chi connectivity index (χ0n) is 15.9. The average Bonchev–Trinajstić information content (AvgIpc) is 2.74. The molecule has 2 aromatic carbocycles. The number of hydrogen-bond acceptors (Lipinski definition) is 4. The monoisotopic (exact) mass is 398 g/mol. The third-order valence-electron chi connectivity index (χ3n) is 5.65. The molecule has 152 valence electrons. The van der Waals surface area contributed by atoms with Crippen molar-refractivity contribution >= 4 is 12.0 Å². The normalized spacial score (nSPS) is 23.6. The van der Waals surface area contributed by atoms with Gasteiger partial charge < -0.3 is 20.1 Å². The standard InChI is InChI=1S/C22H23FN2O4/c23-15-6-7-19-17(12-15)16(9-11-28-19)21(26)29-20-8-10-25(22(24)27)13-18(20)14-4-2-1-3-5-14/h1-7,12,16,18,20H,8-11,13H2,(H2,24,27). The Kier molecular flexibility index (Phi) is 5.38. The van der Waals surface area contributed by atoms with Crippen LogP contribution < -0.4 is 10.5 Å². The number of nitrogens with two attached hydrogens (primary N) is 1. The molecular weight excluding hydrogens is 375 g/mol. The van der Waals surface area contributed by atoms with Gasteiger partial charge in [-0.15, -0.1) is 0 Å². The summed E-state index contributed by atoms with van der Waals surface area (Å²) in [6.45, 7) is 1.19. The van der Waals surface area contributed by atoms with Crippen molar-refractivity contribution in [2.45, 2.75) is 30.8 Å². The first-order valence-electron chi connectivity index (χ1n) is 9.75. The van der Waals surface area contributed by atoms with Crippen LogP contribution in [0.2, 0.25) is 0 Å². The maximum absolute atomic E-state index is 13.7. The van der Waals surface area contributed by atoms with E-state index in [9.17, 15) is 14.0 Å². The number of likely N-dealkylation sites (tertiary alicyclic amines) is 1. The second kappa shape index (κ2) is 8.11. The fourth-order valence-corrected chi connectivity index (χ4v) is 4.13. The second-order valence-corrected chi connectivity index (χ2v) is 7.44. The number of benzene rings is 2. The molecule has 4 rings (SSSR count). The van der Waals surface area contributed by atoms with E-state index in [1.54, 1.807) is 11.0 Å². The molecule has 0 aromatic heterocycles. The Morgan fingerprint density at radius 3 is 2.69 bits per heavy atom. The van der Waals surface area contributed by atoms with E-state index in [1.165, 1.54) is 12.1 Å².